The highest BCUT2D eigenvalue weighted by atomic mass is 16.5. The predicted molar refractivity (Wildman–Crippen MR) is 65.5 cm³/mol. The Kier molecular flexibility index (Phi) is 2.22. The Bertz CT molecular complexity index is 474. The molecule has 0 atom stereocenters. The second-order valence-corrected chi connectivity index (χ2v) is 3.96. The molecule has 4 bridgehead atoms. The predicted octanol–water partition coefficient (Wildman–Crippen LogP) is 3.72. The van der Waals surface area contributed by atoms with E-state index in [4.69, 9.17) is 4.74 Å². The lowest BCUT2D eigenvalue weighted by atomic mass is 10.0. The van der Waals surface area contributed by atoms with Crippen molar-refractivity contribution >= 4 is 0 Å². The minimum atomic E-state index is 0.900. The third-order valence-electron chi connectivity index (χ3n) is 2.66. The summed E-state index contributed by atoms with van der Waals surface area (Å²) in [5.41, 5.74) is 2.55. The standard InChI is InChI=1S/C15H12O/c1-2-6-13-9-12(5-1)10-14-7-3-4-8-15(11-13)16-14/h1-8,10-11H,9H2. The van der Waals surface area contributed by atoms with Gasteiger partial charge in [0, 0.05) is 0 Å². The number of hydrogen-bond acceptors (Lipinski definition) is 1. The Balaban J connectivity index is 2.15. The van der Waals surface area contributed by atoms with E-state index in [9.17, 15) is 0 Å². The van der Waals surface area contributed by atoms with Crippen molar-refractivity contribution in [2.24, 2.45) is 0 Å². The lowest BCUT2D eigenvalue weighted by Crippen LogP contribution is -1.95. The van der Waals surface area contributed by atoms with Crippen LogP contribution in [0, 0.1) is 0 Å². The summed E-state index contributed by atoms with van der Waals surface area (Å²) in [6, 6.07) is 0. The molecule has 0 N–H and O–H groups in total. The number of hydrogen-bond donors (Lipinski definition) is 0. The summed E-state index contributed by atoms with van der Waals surface area (Å²) in [6.45, 7) is 0. The number of rotatable bonds is 0. The summed E-state index contributed by atoms with van der Waals surface area (Å²) >= 11 is 0. The summed E-state index contributed by atoms with van der Waals surface area (Å²) in [4.78, 5) is 0. The van der Waals surface area contributed by atoms with Crippen molar-refractivity contribution in [2.45, 2.75) is 6.42 Å². The van der Waals surface area contributed by atoms with Gasteiger partial charge in [-0.05, 0) is 41.9 Å². The van der Waals surface area contributed by atoms with Gasteiger partial charge in [-0.3, -0.25) is 0 Å². The van der Waals surface area contributed by atoms with Crippen LogP contribution < -0.4 is 0 Å². The lowest BCUT2D eigenvalue weighted by molar-refractivity contribution is 0.335. The number of fused-ring (bicyclic) bond motifs is 4. The average molecular weight is 208 g/mol. The SMILES string of the molecule is C1=CC=C2C=C3C=CC=CC(=CC(=C1)C2)O3. The molecule has 78 valence electrons. The minimum Gasteiger partial charge on any atom is -0.457 e. The van der Waals surface area contributed by atoms with E-state index >= 15 is 0 Å². The van der Waals surface area contributed by atoms with Crippen LogP contribution in [0.15, 0.2) is 83.4 Å². The van der Waals surface area contributed by atoms with Gasteiger partial charge in [-0.15, -0.1) is 0 Å². The van der Waals surface area contributed by atoms with Crippen LogP contribution in [0.1, 0.15) is 6.42 Å². The van der Waals surface area contributed by atoms with Crippen LogP contribution in [0.3, 0.4) is 0 Å². The summed E-state index contributed by atoms with van der Waals surface area (Å²) in [5, 5.41) is 0. The molecule has 0 aromatic heterocycles. The van der Waals surface area contributed by atoms with Crippen molar-refractivity contribution in [3.63, 3.8) is 0 Å². The second-order valence-electron chi connectivity index (χ2n) is 3.96. The maximum absolute atomic E-state index is 5.78. The summed E-state index contributed by atoms with van der Waals surface area (Å²) in [6.07, 6.45) is 21.5. The molecular weight excluding hydrogens is 196 g/mol. The van der Waals surface area contributed by atoms with Crippen molar-refractivity contribution in [3.8, 4) is 0 Å². The zero-order valence-electron chi connectivity index (χ0n) is 8.89. The van der Waals surface area contributed by atoms with Crippen LogP contribution in [0.25, 0.3) is 0 Å². The highest BCUT2D eigenvalue weighted by Gasteiger charge is 2.09. The number of allylic oxidation sites excluding steroid dienone is 12. The smallest absolute Gasteiger partial charge is 0.127 e. The van der Waals surface area contributed by atoms with E-state index in [0.717, 1.165) is 17.9 Å². The minimum absolute atomic E-state index is 0.900. The Morgan fingerprint density at radius 2 is 1.31 bits per heavy atom. The first-order valence-electron chi connectivity index (χ1n) is 5.42. The van der Waals surface area contributed by atoms with Gasteiger partial charge in [-0.25, -0.2) is 0 Å². The van der Waals surface area contributed by atoms with E-state index in [1.807, 2.05) is 24.3 Å². The maximum Gasteiger partial charge on any atom is 0.127 e. The van der Waals surface area contributed by atoms with Gasteiger partial charge in [0.25, 0.3) is 0 Å². The first-order valence-corrected chi connectivity index (χ1v) is 5.42. The van der Waals surface area contributed by atoms with Gasteiger partial charge in [0.15, 0.2) is 0 Å². The summed E-state index contributed by atoms with van der Waals surface area (Å²) < 4.78 is 5.78. The van der Waals surface area contributed by atoms with Gasteiger partial charge >= 0.3 is 0 Å². The molecule has 3 aliphatic rings. The first-order chi connectivity index (χ1) is 7.90. The van der Waals surface area contributed by atoms with Gasteiger partial charge in [-0.2, -0.15) is 0 Å². The zero-order valence-corrected chi connectivity index (χ0v) is 8.89. The van der Waals surface area contributed by atoms with Crippen LogP contribution in [0.2, 0.25) is 0 Å². The Morgan fingerprint density at radius 1 is 0.750 bits per heavy atom. The highest BCUT2D eigenvalue weighted by Crippen LogP contribution is 2.26. The van der Waals surface area contributed by atoms with E-state index in [0.29, 0.717) is 0 Å². The molecule has 1 aliphatic carbocycles. The quantitative estimate of drug-likeness (QED) is 0.589. The van der Waals surface area contributed by atoms with Crippen LogP contribution >= 0.6 is 0 Å². The van der Waals surface area contributed by atoms with Gasteiger partial charge in [-0.1, -0.05) is 36.5 Å². The molecule has 0 unspecified atom stereocenters. The van der Waals surface area contributed by atoms with Crippen molar-refractivity contribution < 1.29 is 4.74 Å². The van der Waals surface area contributed by atoms with E-state index in [2.05, 4.69) is 36.5 Å². The first kappa shape index (κ1) is 9.22. The fraction of sp³-hybridized carbons (Fsp3) is 0.0667. The molecule has 1 nitrogen and oxygen atoms in total. The Hall–Kier alpha value is -2.02. The van der Waals surface area contributed by atoms with Crippen molar-refractivity contribution in [1.82, 2.24) is 0 Å². The van der Waals surface area contributed by atoms with Gasteiger partial charge in [0.2, 0.25) is 0 Å². The fourth-order valence-electron chi connectivity index (χ4n) is 1.94. The highest BCUT2D eigenvalue weighted by molar-refractivity contribution is 5.45. The number of ether oxygens (including phenoxy) is 1. The summed E-state index contributed by atoms with van der Waals surface area (Å²) in [5.74, 6) is 1.80. The van der Waals surface area contributed by atoms with Gasteiger partial charge in [0.05, 0.1) is 0 Å². The molecule has 0 saturated carbocycles. The van der Waals surface area contributed by atoms with Gasteiger partial charge < -0.3 is 4.74 Å². The summed E-state index contributed by atoms with van der Waals surface area (Å²) in [7, 11) is 0. The molecule has 16 heavy (non-hydrogen) atoms. The lowest BCUT2D eigenvalue weighted by Gasteiger charge is -2.12. The normalized spacial score (nSPS) is 21.5. The third kappa shape index (κ3) is 1.84. The molecule has 0 radical (unpaired) electrons. The maximum atomic E-state index is 5.78. The van der Waals surface area contributed by atoms with Crippen LogP contribution in [0.5, 0.6) is 0 Å². The molecule has 0 amide bonds. The molecule has 1 heteroatoms. The van der Waals surface area contributed by atoms with Crippen molar-refractivity contribution in [3.05, 3.63) is 83.4 Å². The molecule has 0 saturated heterocycles. The van der Waals surface area contributed by atoms with Crippen LogP contribution in [0.4, 0.5) is 0 Å². The van der Waals surface area contributed by atoms with E-state index in [1.54, 1.807) is 0 Å². The molecule has 2 aliphatic heterocycles. The Morgan fingerprint density at radius 3 is 1.88 bits per heavy atom. The van der Waals surface area contributed by atoms with Crippen LogP contribution in [-0.4, -0.2) is 0 Å². The largest absolute Gasteiger partial charge is 0.457 e. The van der Waals surface area contributed by atoms with Crippen molar-refractivity contribution in [1.29, 1.82) is 0 Å². The van der Waals surface area contributed by atoms with E-state index in [1.165, 1.54) is 11.1 Å². The van der Waals surface area contributed by atoms with E-state index in [-0.39, 0.29) is 0 Å². The molecule has 0 fully saturated rings. The second kappa shape index (κ2) is 3.86. The van der Waals surface area contributed by atoms with Crippen LogP contribution in [-0.2, 0) is 4.74 Å². The monoisotopic (exact) mass is 208 g/mol. The molecule has 0 aromatic rings. The van der Waals surface area contributed by atoms with Crippen molar-refractivity contribution in [2.75, 3.05) is 0 Å². The molecule has 0 spiro atoms. The third-order valence-corrected chi connectivity index (χ3v) is 2.66. The molecule has 3 rings (SSSR count). The van der Waals surface area contributed by atoms with Gasteiger partial charge in [0.1, 0.15) is 11.5 Å². The molecular formula is C15H12O. The molecule has 0 aromatic carbocycles. The Labute approximate surface area is 95.1 Å². The molecule has 2 heterocycles. The zero-order chi connectivity index (χ0) is 10.8. The topological polar surface area (TPSA) is 9.23 Å². The fourth-order valence-corrected chi connectivity index (χ4v) is 1.94. The van der Waals surface area contributed by atoms with E-state index < -0.39 is 0 Å². The average Bonchev–Trinajstić information content (AvgIpc) is 2.60.